The van der Waals surface area contributed by atoms with Crippen LogP contribution < -0.4 is 0 Å². The molecule has 2 nitrogen and oxygen atoms in total. The minimum atomic E-state index is -0.546. The fourth-order valence-electron chi connectivity index (χ4n) is 1.22. The molecule has 76 valence electrons. The van der Waals surface area contributed by atoms with Gasteiger partial charge in [-0.2, -0.15) is 0 Å². The molecule has 4 heteroatoms. The molecule has 1 aromatic heterocycles. The van der Waals surface area contributed by atoms with Crippen molar-refractivity contribution in [3.63, 3.8) is 0 Å². The zero-order chi connectivity index (χ0) is 10.8. The largest absolute Gasteiger partial charge is 0.472 e. The molecule has 0 unspecified atom stereocenters. The lowest BCUT2D eigenvalue weighted by Gasteiger charge is -2.00. The molecule has 0 atom stereocenters. The highest BCUT2D eigenvalue weighted by Gasteiger charge is 2.14. The van der Waals surface area contributed by atoms with Crippen molar-refractivity contribution >= 4 is 21.7 Å². The Morgan fingerprint density at radius 1 is 1.33 bits per heavy atom. The highest BCUT2D eigenvalue weighted by atomic mass is 79.9. The maximum absolute atomic E-state index is 13.4. The first kappa shape index (κ1) is 10.1. The number of halogens is 2. The second-order valence-electron chi connectivity index (χ2n) is 2.97. The molecular formula is C11H6BrFO2. The Bertz CT molecular complexity index is 491. The van der Waals surface area contributed by atoms with E-state index >= 15 is 0 Å². The molecule has 0 radical (unpaired) electrons. The predicted molar refractivity (Wildman–Crippen MR) is 56.2 cm³/mol. The Hall–Kier alpha value is -1.42. The van der Waals surface area contributed by atoms with Gasteiger partial charge < -0.3 is 4.42 Å². The van der Waals surface area contributed by atoms with E-state index in [-0.39, 0.29) is 11.3 Å². The predicted octanol–water partition coefficient (Wildman–Crippen LogP) is 3.41. The molecule has 0 aliphatic carbocycles. The Balaban J connectivity index is 2.42. The number of benzene rings is 1. The van der Waals surface area contributed by atoms with Crippen LogP contribution in [0.1, 0.15) is 15.9 Å². The van der Waals surface area contributed by atoms with Crippen molar-refractivity contribution in [3.8, 4) is 0 Å². The van der Waals surface area contributed by atoms with Crippen molar-refractivity contribution in [2.24, 2.45) is 0 Å². The summed E-state index contributed by atoms with van der Waals surface area (Å²) < 4.78 is 18.8. The van der Waals surface area contributed by atoms with E-state index in [0.29, 0.717) is 10.0 Å². The van der Waals surface area contributed by atoms with Crippen LogP contribution in [0.2, 0.25) is 0 Å². The third-order valence-corrected chi connectivity index (χ3v) is 2.45. The highest BCUT2D eigenvalue weighted by Crippen LogP contribution is 2.18. The molecule has 0 fully saturated rings. The van der Waals surface area contributed by atoms with Crippen molar-refractivity contribution in [2.45, 2.75) is 0 Å². The second kappa shape index (κ2) is 3.98. The summed E-state index contributed by atoms with van der Waals surface area (Å²) in [5.74, 6) is -0.927. The number of carbonyl (C=O) groups excluding carboxylic acids is 1. The van der Waals surface area contributed by atoms with Gasteiger partial charge in [0.05, 0.1) is 17.4 Å². The third-order valence-electron chi connectivity index (χ3n) is 1.96. The van der Waals surface area contributed by atoms with Gasteiger partial charge in [-0.1, -0.05) is 15.9 Å². The summed E-state index contributed by atoms with van der Waals surface area (Å²) in [6, 6.07) is 5.82. The summed E-state index contributed by atoms with van der Waals surface area (Å²) in [4.78, 5) is 11.7. The van der Waals surface area contributed by atoms with Gasteiger partial charge in [0.1, 0.15) is 12.1 Å². The van der Waals surface area contributed by atoms with E-state index in [2.05, 4.69) is 15.9 Å². The van der Waals surface area contributed by atoms with Crippen LogP contribution in [0.5, 0.6) is 0 Å². The van der Waals surface area contributed by atoms with Gasteiger partial charge in [-0.05, 0) is 24.3 Å². The molecule has 0 bridgehead atoms. The van der Waals surface area contributed by atoms with Crippen molar-refractivity contribution in [3.05, 3.63) is 58.2 Å². The Morgan fingerprint density at radius 3 is 2.73 bits per heavy atom. The van der Waals surface area contributed by atoms with Gasteiger partial charge in [0, 0.05) is 4.47 Å². The second-order valence-corrected chi connectivity index (χ2v) is 3.88. The number of carbonyl (C=O) groups is 1. The standard InChI is InChI=1S/C11H6BrFO2/c12-8-1-2-9(10(13)5-8)11(14)7-3-4-15-6-7/h1-6H. The molecule has 15 heavy (non-hydrogen) atoms. The lowest BCUT2D eigenvalue weighted by atomic mass is 10.1. The zero-order valence-electron chi connectivity index (χ0n) is 7.54. The van der Waals surface area contributed by atoms with E-state index in [4.69, 9.17) is 4.42 Å². The molecular weight excluding hydrogens is 263 g/mol. The summed E-state index contributed by atoms with van der Waals surface area (Å²) in [5, 5.41) is 0. The molecule has 0 aliphatic heterocycles. The number of furan rings is 1. The smallest absolute Gasteiger partial charge is 0.199 e. The first-order valence-electron chi connectivity index (χ1n) is 4.20. The van der Waals surface area contributed by atoms with Crippen LogP contribution in [-0.2, 0) is 0 Å². The number of hydrogen-bond acceptors (Lipinski definition) is 2. The third kappa shape index (κ3) is 1.99. The topological polar surface area (TPSA) is 30.2 Å². The van der Waals surface area contributed by atoms with Crippen molar-refractivity contribution in [1.82, 2.24) is 0 Å². The van der Waals surface area contributed by atoms with Gasteiger partial charge in [0.15, 0.2) is 5.78 Å². The number of hydrogen-bond donors (Lipinski definition) is 0. The number of ketones is 1. The van der Waals surface area contributed by atoms with Crippen molar-refractivity contribution in [1.29, 1.82) is 0 Å². The molecule has 0 aliphatic rings. The van der Waals surface area contributed by atoms with Gasteiger partial charge in [-0.25, -0.2) is 4.39 Å². The quantitative estimate of drug-likeness (QED) is 0.782. The zero-order valence-corrected chi connectivity index (χ0v) is 9.12. The Morgan fingerprint density at radius 2 is 2.13 bits per heavy atom. The molecule has 1 heterocycles. The van der Waals surface area contributed by atoms with Gasteiger partial charge >= 0.3 is 0 Å². The Labute approximate surface area is 93.8 Å². The van der Waals surface area contributed by atoms with Crippen LogP contribution in [0.25, 0.3) is 0 Å². The van der Waals surface area contributed by atoms with E-state index in [1.165, 1.54) is 30.7 Å². The van der Waals surface area contributed by atoms with Gasteiger partial charge in [-0.3, -0.25) is 4.79 Å². The van der Waals surface area contributed by atoms with E-state index in [0.717, 1.165) is 0 Å². The van der Waals surface area contributed by atoms with E-state index in [9.17, 15) is 9.18 Å². The maximum atomic E-state index is 13.4. The molecule has 0 saturated carbocycles. The van der Waals surface area contributed by atoms with Gasteiger partial charge in [0.25, 0.3) is 0 Å². The highest BCUT2D eigenvalue weighted by molar-refractivity contribution is 9.10. The maximum Gasteiger partial charge on any atom is 0.199 e. The molecule has 2 rings (SSSR count). The fraction of sp³-hybridized carbons (Fsp3) is 0. The fourth-order valence-corrected chi connectivity index (χ4v) is 1.56. The molecule has 0 N–H and O–H groups in total. The van der Waals surface area contributed by atoms with Crippen LogP contribution in [0, 0.1) is 5.82 Å². The summed E-state index contributed by atoms with van der Waals surface area (Å²) in [5.41, 5.74) is 0.385. The molecule has 1 aromatic carbocycles. The van der Waals surface area contributed by atoms with E-state index in [1.54, 1.807) is 6.07 Å². The first-order chi connectivity index (χ1) is 7.18. The summed E-state index contributed by atoms with van der Waals surface area (Å²) in [7, 11) is 0. The molecule has 0 amide bonds. The van der Waals surface area contributed by atoms with E-state index in [1.807, 2.05) is 0 Å². The summed E-state index contributed by atoms with van der Waals surface area (Å²) in [6.07, 6.45) is 2.67. The van der Waals surface area contributed by atoms with Gasteiger partial charge in [0.2, 0.25) is 0 Å². The van der Waals surface area contributed by atoms with Crippen molar-refractivity contribution in [2.75, 3.05) is 0 Å². The van der Waals surface area contributed by atoms with Crippen molar-refractivity contribution < 1.29 is 13.6 Å². The average molecular weight is 269 g/mol. The lowest BCUT2D eigenvalue weighted by Crippen LogP contribution is -2.02. The van der Waals surface area contributed by atoms with Crippen LogP contribution in [0.3, 0.4) is 0 Å². The SMILES string of the molecule is O=C(c1ccoc1)c1ccc(Br)cc1F. The first-order valence-corrected chi connectivity index (χ1v) is 5.00. The molecule has 0 spiro atoms. The van der Waals surface area contributed by atoms with Crippen LogP contribution >= 0.6 is 15.9 Å². The van der Waals surface area contributed by atoms with Crippen LogP contribution in [-0.4, -0.2) is 5.78 Å². The minimum absolute atomic E-state index is 0.0413. The summed E-state index contributed by atoms with van der Waals surface area (Å²) in [6.45, 7) is 0. The molecule has 2 aromatic rings. The van der Waals surface area contributed by atoms with Gasteiger partial charge in [-0.15, -0.1) is 0 Å². The minimum Gasteiger partial charge on any atom is -0.472 e. The average Bonchev–Trinajstić information content (AvgIpc) is 2.69. The number of rotatable bonds is 2. The Kier molecular flexibility index (Phi) is 2.68. The van der Waals surface area contributed by atoms with Crippen LogP contribution in [0.4, 0.5) is 4.39 Å². The molecule has 0 saturated heterocycles. The van der Waals surface area contributed by atoms with Crippen LogP contribution in [0.15, 0.2) is 45.7 Å². The summed E-state index contributed by atoms with van der Waals surface area (Å²) >= 11 is 3.12. The normalized spacial score (nSPS) is 10.3. The lowest BCUT2D eigenvalue weighted by molar-refractivity contribution is 0.103. The monoisotopic (exact) mass is 268 g/mol. The van der Waals surface area contributed by atoms with E-state index < -0.39 is 5.82 Å².